The Bertz CT molecular complexity index is 686. The molecule has 0 bridgehead atoms. The highest BCUT2D eigenvalue weighted by Gasteiger charge is 2.23. The normalized spacial score (nSPS) is 16.9. The number of carbonyl (C=O) groups excluding carboxylic acids is 1. The number of benzene rings is 1. The average molecular weight is 356 g/mol. The third-order valence-corrected chi connectivity index (χ3v) is 4.94. The summed E-state index contributed by atoms with van der Waals surface area (Å²) in [6.07, 6.45) is 1.36. The van der Waals surface area contributed by atoms with Crippen molar-refractivity contribution >= 4 is 34.8 Å². The van der Waals surface area contributed by atoms with E-state index in [1.807, 2.05) is 13.0 Å². The fourth-order valence-electron chi connectivity index (χ4n) is 2.55. The number of carbonyl (C=O) groups is 1. The van der Waals surface area contributed by atoms with E-state index in [1.54, 1.807) is 12.1 Å². The van der Waals surface area contributed by atoms with Gasteiger partial charge in [0.15, 0.2) is 5.13 Å². The molecule has 1 atom stereocenters. The van der Waals surface area contributed by atoms with E-state index in [-0.39, 0.29) is 30.0 Å². The monoisotopic (exact) mass is 355 g/mol. The van der Waals surface area contributed by atoms with Crippen LogP contribution in [0.3, 0.4) is 0 Å². The van der Waals surface area contributed by atoms with Crippen LogP contribution in [0.2, 0.25) is 0 Å². The number of nitrogens with zero attached hydrogens (tertiary/aromatic N) is 1. The molecule has 1 aromatic heterocycles. The first-order valence-corrected chi connectivity index (χ1v) is 8.16. The minimum Gasteiger partial charge on any atom is -0.316 e. The van der Waals surface area contributed by atoms with Gasteiger partial charge in [-0.25, -0.2) is 9.37 Å². The molecule has 0 saturated carbocycles. The van der Waals surface area contributed by atoms with Gasteiger partial charge in [0.05, 0.1) is 11.6 Å². The summed E-state index contributed by atoms with van der Waals surface area (Å²) in [7, 11) is 0. The maximum absolute atomic E-state index is 13.7. The van der Waals surface area contributed by atoms with Crippen LogP contribution in [0.15, 0.2) is 24.3 Å². The number of anilines is 1. The van der Waals surface area contributed by atoms with Crippen molar-refractivity contribution in [3.05, 3.63) is 46.2 Å². The van der Waals surface area contributed by atoms with Crippen molar-refractivity contribution in [3.8, 4) is 0 Å². The van der Waals surface area contributed by atoms with Gasteiger partial charge in [0, 0.05) is 17.8 Å². The van der Waals surface area contributed by atoms with Gasteiger partial charge in [-0.15, -0.1) is 23.7 Å². The number of amides is 1. The fourth-order valence-corrected chi connectivity index (χ4v) is 3.53. The third-order valence-electron chi connectivity index (χ3n) is 3.86. The van der Waals surface area contributed by atoms with Gasteiger partial charge in [0.25, 0.3) is 0 Å². The lowest BCUT2D eigenvalue weighted by Gasteiger charge is -2.06. The zero-order chi connectivity index (χ0) is 15.5. The summed E-state index contributed by atoms with van der Waals surface area (Å²) in [4.78, 5) is 17.5. The Kier molecular flexibility index (Phi) is 6.10. The molecule has 2 heterocycles. The molecule has 1 saturated heterocycles. The van der Waals surface area contributed by atoms with E-state index in [2.05, 4.69) is 15.6 Å². The van der Waals surface area contributed by atoms with Gasteiger partial charge in [-0.3, -0.25) is 4.79 Å². The van der Waals surface area contributed by atoms with Gasteiger partial charge >= 0.3 is 0 Å². The summed E-state index contributed by atoms with van der Waals surface area (Å²) in [6, 6.07) is 6.74. The molecule has 1 fully saturated rings. The molecule has 1 aromatic carbocycles. The first-order valence-electron chi connectivity index (χ1n) is 7.35. The van der Waals surface area contributed by atoms with E-state index in [9.17, 15) is 9.18 Å². The van der Waals surface area contributed by atoms with Gasteiger partial charge in [-0.05, 0) is 31.5 Å². The van der Waals surface area contributed by atoms with Crippen LogP contribution in [-0.4, -0.2) is 24.0 Å². The summed E-state index contributed by atoms with van der Waals surface area (Å²) in [5.74, 6) is -0.187. The van der Waals surface area contributed by atoms with Crippen LogP contribution in [0.4, 0.5) is 9.52 Å². The number of hydrogen-bond acceptors (Lipinski definition) is 4. The number of aryl methyl sites for hydroxylation is 1. The lowest BCUT2D eigenvalue weighted by molar-refractivity contribution is -0.119. The van der Waals surface area contributed by atoms with E-state index in [4.69, 9.17) is 0 Å². The summed E-state index contributed by atoms with van der Waals surface area (Å²) in [6.45, 7) is 3.49. The quantitative estimate of drug-likeness (QED) is 0.885. The maximum atomic E-state index is 13.7. The fraction of sp³-hybridized carbons (Fsp3) is 0.375. The van der Waals surface area contributed by atoms with E-state index in [1.165, 1.54) is 17.4 Å². The molecule has 2 N–H and O–H groups in total. The highest BCUT2D eigenvalue weighted by atomic mass is 35.5. The Morgan fingerprint density at radius 1 is 1.48 bits per heavy atom. The van der Waals surface area contributed by atoms with Crippen molar-refractivity contribution < 1.29 is 9.18 Å². The molecule has 7 heteroatoms. The van der Waals surface area contributed by atoms with Gasteiger partial charge < -0.3 is 10.6 Å². The molecule has 1 aliphatic heterocycles. The molecule has 1 aliphatic rings. The van der Waals surface area contributed by atoms with Crippen molar-refractivity contribution in [2.75, 3.05) is 18.4 Å². The van der Waals surface area contributed by atoms with Crippen molar-refractivity contribution in [2.45, 2.75) is 19.8 Å². The summed E-state index contributed by atoms with van der Waals surface area (Å²) in [5.41, 5.74) is 1.49. The van der Waals surface area contributed by atoms with Gasteiger partial charge in [0.1, 0.15) is 5.82 Å². The number of halogens is 2. The van der Waals surface area contributed by atoms with Crippen LogP contribution in [-0.2, 0) is 11.2 Å². The van der Waals surface area contributed by atoms with Crippen LogP contribution in [0, 0.1) is 18.7 Å². The van der Waals surface area contributed by atoms with E-state index < -0.39 is 0 Å². The van der Waals surface area contributed by atoms with Crippen molar-refractivity contribution in [2.24, 2.45) is 5.92 Å². The standard InChI is InChI=1S/C16H18FN3OS.ClH/c1-10-14(8-11-4-2-3-5-13(11)17)22-16(19-10)20-15(21)12-6-7-18-9-12;/h2-5,12,18H,6-9H2,1H3,(H,19,20,21);1H. The Balaban J connectivity index is 0.00000192. The smallest absolute Gasteiger partial charge is 0.230 e. The second-order valence-electron chi connectivity index (χ2n) is 5.47. The zero-order valence-corrected chi connectivity index (χ0v) is 14.4. The summed E-state index contributed by atoms with van der Waals surface area (Å²) < 4.78 is 13.7. The minimum atomic E-state index is -0.210. The molecule has 4 nitrogen and oxygen atoms in total. The second kappa shape index (κ2) is 7.86. The number of hydrogen-bond donors (Lipinski definition) is 2. The van der Waals surface area contributed by atoms with Crippen LogP contribution < -0.4 is 10.6 Å². The van der Waals surface area contributed by atoms with Gasteiger partial charge in [-0.2, -0.15) is 0 Å². The molecule has 0 radical (unpaired) electrons. The molecule has 1 amide bonds. The summed E-state index contributed by atoms with van der Waals surface area (Å²) in [5, 5.41) is 6.65. The Morgan fingerprint density at radius 2 is 2.26 bits per heavy atom. The van der Waals surface area contributed by atoms with Gasteiger partial charge in [0.2, 0.25) is 5.91 Å². The lowest BCUT2D eigenvalue weighted by Crippen LogP contribution is -2.24. The van der Waals surface area contributed by atoms with Crippen LogP contribution in [0.1, 0.15) is 22.6 Å². The highest BCUT2D eigenvalue weighted by molar-refractivity contribution is 7.15. The zero-order valence-electron chi connectivity index (χ0n) is 12.8. The third kappa shape index (κ3) is 4.28. The molecule has 0 spiro atoms. The molecular weight excluding hydrogens is 337 g/mol. The molecule has 2 aromatic rings. The predicted octanol–water partition coefficient (Wildman–Crippen LogP) is 3.15. The number of aromatic nitrogens is 1. The molecule has 124 valence electrons. The maximum Gasteiger partial charge on any atom is 0.230 e. The lowest BCUT2D eigenvalue weighted by atomic mass is 10.1. The van der Waals surface area contributed by atoms with E-state index in [0.29, 0.717) is 17.1 Å². The SMILES string of the molecule is Cc1nc(NC(=O)C2CCNC2)sc1Cc1ccccc1F.Cl. The Morgan fingerprint density at radius 3 is 2.96 bits per heavy atom. The Labute approximate surface area is 144 Å². The van der Waals surface area contributed by atoms with Crippen LogP contribution >= 0.6 is 23.7 Å². The van der Waals surface area contributed by atoms with Crippen molar-refractivity contribution in [1.82, 2.24) is 10.3 Å². The number of nitrogens with one attached hydrogen (secondary N) is 2. The molecule has 3 rings (SSSR count). The average Bonchev–Trinajstić information content (AvgIpc) is 3.12. The van der Waals surface area contributed by atoms with Crippen molar-refractivity contribution in [3.63, 3.8) is 0 Å². The van der Waals surface area contributed by atoms with Crippen molar-refractivity contribution in [1.29, 1.82) is 0 Å². The predicted molar refractivity (Wildman–Crippen MR) is 92.9 cm³/mol. The first kappa shape index (κ1) is 17.8. The number of thiazole rings is 1. The molecular formula is C16H19ClFN3OS. The molecule has 0 aliphatic carbocycles. The van der Waals surface area contributed by atoms with E-state index >= 15 is 0 Å². The minimum absolute atomic E-state index is 0. The topological polar surface area (TPSA) is 54.0 Å². The molecule has 23 heavy (non-hydrogen) atoms. The Hall–Kier alpha value is -1.50. The molecule has 1 unspecified atom stereocenters. The number of rotatable bonds is 4. The largest absolute Gasteiger partial charge is 0.316 e. The van der Waals surface area contributed by atoms with Gasteiger partial charge in [-0.1, -0.05) is 18.2 Å². The van der Waals surface area contributed by atoms with Crippen LogP contribution in [0.25, 0.3) is 0 Å². The van der Waals surface area contributed by atoms with E-state index in [0.717, 1.165) is 30.1 Å². The highest BCUT2D eigenvalue weighted by Crippen LogP contribution is 2.26. The summed E-state index contributed by atoms with van der Waals surface area (Å²) >= 11 is 1.42. The van der Waals surface area contributed by atoms with Crippen LogP contribution in [0.5, 0.6) is 0 Å². The first-order chi connectivity index (χ1) is 10.6. The second-order valence-corrected chi connectivity index (χ2v) is 6.56.